The molecule has 0 aromatic carbocycles. The maximum absolute atomic E-state index is 6.23. The van der Waals surface area contributed by atoms with E-state index in [4.69, 9.17) is 11.6 Å². The first kappa shape index (κ1) is 13.7. The lowest BCUT2D eigenvalue weighted by Gasteiger charge is -2.15. The Kier molecular flexibility index (Phi) is 4.51. The molecule has 0 aliphatic carbocycles. The summed E-state index contributed by atoms with van der Waals surface area (Å²) in [6.45, 7) is 5.17. The summed E-state index contributed by atoms with van der Waals surface area (Å²) in [7, 11) is 0. The molecule has 98 valence electrons. The van der Waals surface area contributed by atoms with E-state index in [9.17, 15) is 0 Å². The number of hydrogen-bond acceptors (Lipinski definition) is 3. The van der Waals surface area contributed by atoms with Crippen LogP contribution in [0.25, 0.3) is 11.0 Å². The Morgan fingerprint density at radius 3 is 2.89 bits per heavy atom. The second kappa shape index (κ2) is 5.93. The highest BCUT2D eigenvalue weighted by Crippen LogP contribution is 2.25. The molecule has 0 saturated heterocycles. The molecule has 2 aromatic rings. The molecule has 5 heteroatoms. The zero-order chi connectivity index (χ0) is 13.1. The van der Waals surface area contributed by atoms with E-state index in [-0.39, 0.29) is 5.38 Å². The van der Waals surface area contributed by atoms with Gasteiger partial charge in [-0.15, -0.1) is 11.6 Å². The molecule has 18 heavy (non-hydrogen) atoms. The zero-order valence-electron chi connectivity index (χ0n) is 10.9. The number of halogens is 1. The molecule has 0 spiro atoms. The van der Waals surface area contributed by atoms with Crippen molar-refractivity contribution < 1.29 is 0 Å². The first-order valence-electron chi connectivity index (χ1n) is 6.06. The minimum atomic E-state index is -0.0844. The Morgan fingerprint density at radius 1 is 1.44 bits per heavy atom. The molecule has 2 rings (SSSR count). The van der Waals surface area contributed by atoms with Crippen LogP contribution < -0.4 is 0 Å². The summed E-state index contributed by atoms with van der Waals surface area (Å²) in [4.78, 5) is 8.71. The van der Waals surface area contributed by atoms with Gasteiger partial charge in [-0.25, -0.2) is 4.98 Å². The van der Waals surface area contributed by atoms with Crippen molar-refractivity contribution in [3.63, 3.8) is 0 Å². The summed E-state index contributed by atoms with van der Waals surface area (Å²) in [5, 5.41) is -0.0844. The molecule has 0 bridgehead atoms. The molecule has 2 aromatic heterocycles. The molecule has 0 saturated carbocycles. The van der Waals surface area contributed by atoms with Crippen LogP contribution in [0.2, 0.25) is 0 Å². The summed E-state index contributed by atoms with van der Waals surface area (Å²) >= 11 is 8.10. The normalized spacial score (nSPS) is 14.9. The number of aromatic nitrogens is 3. The number of fused-ring (bicyclic) bond motifs is 1. The van der Waals surface area contributed by atoms with Gasteiger partial charge < -0.3 is 4.57 Å². The topological polar surface area (TPSA) is 30.7 Å². The van der Waals surface area contributed by atoms with Gasteiger partial charge in [0.15, 0.2) is 0 Å². The van der Waals surface area contributed by atoms with E-state index in [0.717, 1.165) is 29.2 Å². The lowest BCUT2D eigenvalue weighted by atomic mass is 10.2. The van der Waals surface area contributed by atoms with E-state index in [0.29, 0.717) is 5.92 Å². The fourth-order valence-electron chi connectivity index (χ4n) is 2.14. The molecule has 0 aliphatic rings. The lowest BCUT2D eigenvalue weighted by Crippen LogP contribution is -2.13. The Morgan fingerprint density at radius 2 is 2.22 bits per heavy atom. The Labute approximate surface area is 117 Å². The van der Waals surface area contributed by atoms with Gasteiger partial charge in [0.25, 0.3) is 0 Å². The van der Waals surface area contributed by atoms with Crippen molar-refractivity contribution in [2.45, 2.75) is 25.8 Å². The predicted octanol–water partition coefficient (Wildman–Crippen LogP) is 3.73. The first-order chi connectivity index (χ1) is 8.63. The number of pyridine rings is 1. The van der Waals surface area contributed by atoms with Crippen molar-refractivity contribution in [1.29, 1.82) is 0 Å². The Bertz CT molecular complexity index is 524. The minimum Gasteiger partial charge on any atom is -0.326 e. The third-order valence-electron chi connectivity index (χ3n) is 2.88. The summed E-state index contributed by atoms with van der Waals surface area (Å²) in [5.74, 6) is 2.67. The molecule has 3 nitrogen and oxygen atoms in total. The SMILES string of the molecule is CSCC(C)Cn1c(C(C)Cl)nc2cnccc21. The molecule has 2 heterocycles. The predicted molar refractivity (Wildman–Crippen MR) is 79.3 cm³/mol. The summed E-state index contributed by atoms with van der Waals surface area (Å²) in [6.07, 6.45) is 5.74. The van der Waals surface area contributed by atoms with E-state index in [2.05, 4.69) is 27.7 Å². The molecule has 0 radical (unpaired) electrons. The lowest BCUT2D eigenvalue weighted by molar-refractivity contribution is 0.524. The van der Waals surface area contributed by atoms with Gasteiger partial charge in [-0.3, -0.25) is 4.98 Å². The standard InChI is InChI=1S/C13H18ClN3S/c1-9(8-18-3)7-17-12-4-5-15-6-11(12)16-13(17)10(2)14/h4-6,9-10H,7-8H2,1-3H3. The monoisotopic (exact) mass is 283 g/mol. The number of nitrogens with zero attached hydrogens (tertiary/aromatic N) is 3. The molecule has 0 aliphatic heterocycles. The van der Waals surface area contributed by atoms with E-state index < -0.39 is 0 Å². The maximum atomic E-state index is 6.23. The van der Waals surface area contributed by atoms with Gasteiger partial charge in [-0.05, 0) is 30.9 Å². The highest BCUT2D eigenvalue weighted by molar-refractivity contribution is 7.98. The number of imidazole rings is 1. The fraction of sp³-hybridized carbons (Fsp3) is 0.538. The fourth-order valence-corrected chi connectivity index (χ4v) is 2.99. The van der Waals surface area contributed by atoms with Crippen molar-refractivity contribution >= 4 is 34.4 Å². The van der Waals surface area contributed by atoms with Crippen LogP contribution in [0.1, 0.15) is 25.0 Å². The van der Waals surface area contributed by atoms with Gasteiger partial charge in [0.05, 0.1) is 17.1 Å². The molecule has 0 N–H and O–H groups in total. The van der Waals surface area contributed by atoms with Gasteiger partial charge >= 0.3 is 0 Å². The van der Waals surface area contributed by atoms with Crippen LogP contribution in [0, 0.1) is 5.92 Å². The van der Waals surface area contributed by atoms with Crippen LogP contribution in [0.5, 0.6) is 0 Å². The van der Waals surface area contributed by atoms with Crippen molar-refractivity contribution in [2.75, 3.05) is 12.0 Å². The van der Waals surface area contributed by atoms with Crippen LogP contribution in [-0.4, -0.2) is 26.5 Å². The molecular formula is C13H18ClN3S. The van der Waals surface area contributed by atoms with Gasteiger partial charge in [-0.2, -0.15) is 11.8 Å². The maximum Gasteiger partial charge on any atom is 0.127 e. The van der Waals surface area contributed by atoms with E-state index >= 15 is 0 Å². The minimum absolute atomic E-state index is 0.0844. The molecule has 0 amide bonds. The average Bonchev–Trinajstić information content (AvgIpc) is 2.69. The number of rotatable bonds is 5. The van der Waals surface area contributed by atoms with Crippen molar-refractivity contribution in [2.24, 2.45) is 5.92 Å². The quantitative estimate of drug-likeness (QED) is 0.784. The summed E-state index contributed by atoms with van der Waals surface area (Å²) in [5.41, 5.74) is 2.05. The number of alkyl halides is 1. The number of hydrogen-bond donors (Lipinski definition) is 0. The van der Waals surface area contributed by atoms with Crippen molar-refractivity contribution in [3.05, 3.63) is 24.3 Å². The zero-order valence-corrected chi connectivity index (χ0v) is 12.5. The van der Waals surface area contributed by atoms with Gasteiger partial charge in [0.2, 0.25) is 0 Å². The Hall–Kier alpha value is -0.740. The van der Waals surface area contributed by atoms with E-state index in [1.807, 2.05) is 30.9 Å². The molecule has 0 fully saturated rings. The highest BCUT2D eigenvalue weighted by atomic mass is 35.5. The van der Waals surface area contributed by atoms with Gasteiger partial charge in [0.1, 0.15) is 11.3 Å². The second-order valence-electron chi connectivity index (χ2n) is 4.62. The smallest absolute Gasteiger partial charge is 0.127 e. The van der Waals surface area contributed by atoms with Gasteiger partial charge in [-0.1, -0.05) is 6.92 Å². The van der Waals surface area contributed by atoms with Gasteiger partial charge in [0, 0.05) is 12.7 Å². The number of thioether (sulfide) groups is 1. The molecule has 2 unspecified atom stereocenters. The van der Waals surface area contributed by atoms with Crippen LogP contribution in [0.15, 0.2) is 18.5 Å². The Balaban J connectivity index is 2.42. The molecular weight excluding hydrogens is 266 g/mol. The van der Waals surface area contributed by atoms with E-state index in [1.165, 1.54) is 0 Å². The van der Waals surface area contributed by atoms with Crippen LogP contribution >= 0.6 is 23.4 Å². The van der Waals surface area contributed by atoms with Crippen LogP contribution in [0.3, 0.4) is 0 Å². The average molecular weight is 284 g/mol. The second-order valence-corrected chi connectivity index (χ2v) is 6.19. The third kappa shape index (κ3) is 2.81. The van der Waals surface area contributed by atoms with Crippen molar-refractivity contribution in [3.8, 4) is 0 Å². The van der Waals surface area contributed by atoms with Crippen molar-refractivity contribution in [1.82, 2.24) is 14.5 Å². The molecule has 2 atom stereocenters. The summed E-state index contributed by atoms with van der Waals surface area (Å²) < 4.78 is 2.23. The summed E-state index contributed by atoms with van der Waals surface area (Å²) in [6, 6.07) is 2.01. The van der Waals surface area contributed by atoms with E-state index in [1.54, 1.807) is 6.20 Å². The third-order valence-corrected chi connectivity index (χ3v) is 3.98. The largest absolute Gasteiger partial charge is 0.326 e. The first-order valence-corrected chi connectivity index (χ1v) is 7.89. The van der Waals surface area contributed by atoms with Crippen LogP contribution in [0.4, 0.5) is 0 Å². The van der Waals surface area contributed by atoms with Crippen LogP contribution in [-0.2, 0) is 6.54 Å². The highest BCUT2D eigenvalue weighted by Gasteiger charge is 2.16.